The maximum absolute atomic E-state index is 12.1. The Morgan fingerprint density at radius 2 is 2.26 bits per heavy atom. The van der Waals surface area contributed by atoms with Crippen molar-refractivity contribution in [3.63, 3.8) is 0 Å². The molecule has 0 aromatic rings. The normalized spacial score (nSPS) is 21.4. The van der Waals surface area contributed by atoms with Gasteiger partial charge in [-0.2, -0.15) is 0 Å². The Morgan fingerprint density at radius 1 is 1.53 bits per heavy atom. The maximum atomic E-state index is 12.1. The molecule has 1 unspecified atom stereocenters. The summed E-state index contributed by atoms with van der Waals surface area (Å²) in [6, 6.07) is -0.145. The highest BCUT2D eigenvalue weighted by Gasteiger charge is 2.30. The minimum absolute atomic E-state index is 0.0899. The van der Waals surface area contributed by atoms with Crippen LogP contribution in [-0.2, 0) is 9.53 Å². The van der Waals surface area contributed by atoms with Crippen LogP contribution in [0.2, 0.25) is 0 Å². The number of hydrogen-bond donors (Lipinski definition) is 2. The highest BCUT2D eigenvalue weighted by Crippen LogP contribution is 2.20. The molecule has 3 N–H and O–H groups in total. The Hall–Kier alpha value is -0.650. The standard InChI is InChI=1S/C14H29N3O2/c1-4-6-16-13(18)12-10-19-9-8-17(12)7-5-14(2,3)11-15/h12H,4-11,15H2,1-3H3,(H,16,18). The van der Waals surface area contributed by atoms with Crippen LogP contribution in [0.3, 0.4) is 0 Å². The Bertz CT molecular complexity index is 282. The Morgan fingerprint density at radius 3 is 2.89 bits per heavy atom. The van der Waals surface area contributed by atoms with Gasteiger partial charge < -0.3 is 15.8 Å². The zero-order valence-corrected chi connectivity index (χ0v) is 12.6. The zero-order chi connectivity index (χ0) is 14.3. The van der Waals surface area contributed by atoms with E-state index in [0.717, 1.165) is 32.5 Å². The number of amides is 1. The first kappa shape index (κ1) is 16.4. The summed E-state index contributed by atoms with van der Waals surface area (Å²) in [6.45, 7) is 10.7. The van der Waals surface area contributed by atoms with E-state index in [1.807, 2.05) is 0 Å². The monoisotopic (exact) mass is 271 g/mol. The second kappa shape index (κ2) is 7.82. The van der Waals surface area contributed by atoms with Gasteiger partial charge in [-0.15, -0.1) is 0 Å². The third-order valence-corrected chi connectivity index (χ3v) is 3.72. The van der Waals surface area contributed by atoms with Gasteiger partial charge in [0.2, 0.25) is 5.91 Å². The average molecular weight is 271 g/mol. The molecule has 1 aliphatic rings. The van der Waals surface area contributed by atoms with Crippen molar-refractivity contribution in [3.05, 3.63) is 0 Å². The largest absolute Gasteiger partial charge is 0.378 e. The number of nitrogens with zero attached hydrogens (tertiary/aromatic N) is 1. The van der Waals surface area contributed by atoms with E-state index >= 15 is 0 Å². The Kier molecular flexibility index (Phi) is 6.75. The van der Waals surface area contributed by atoms with Crippen molar-refractivity contribution in [2.24, 2.45) is 11.1 Å². The number of morpholine rings is 1. The Labute approximate surface area is 116 Å². The van der Waals surface area contributed by atoms with E-state index in [0.29, 0.717) is 19.8 Å². The quantitative estimate of drug-likeness (QED) is 0.711. The molecule has 0 aliphatic carbocycles. The third kappa shape index (κ3) is 5.47. The summed E-state index contributed by atoms with van der Waals surface area (Å²) in [6.07, 6.45) is 1.96. The lowest BCUT2D eigenvalue weighted by Crippen LogP contribution is -2.54. The fourth-order valence-corrected chi connectivity index (χ4v) is 2.06. The summed E-state index contributed by atoms with van der Waals surface area (Å²) in [4.78, 5) is 14.3. The molecule has 0 bridgehead atoms. The lowest BCUT2D eigenvalue weighted by molar-refractivity contribution is -0.132. The number of nitrogens with two attached hydrogens (primary N) is 1. The van der Waals surface area contributed by atoms with Crippen LogP contribution < -0.4 is 11.1 Å². The molecule has 0 spiro atoms. The van der Waals surface area contributed by atoms with Gasteiger partial charge in [-0.3, -0.25) is 9.69 Å². The molecule has 0 aromatic carbocycles. The predicted octanol–water partition coefficient (Wildman–Crippen LogP) is 0.588. The lowest BCUT2D eigenvalue weighted by Gasteiger charge is -2.36. The van der Waals surface area contributed by atoms with Crippen LogP contribution in [0.5, 0.6) is 0 Å². The highest BCUT2D eigenvalue weighted by molar-refractivity contribution is 5.81. The van der Waals surface area contributed by atoms with E-state index in [1.54, 1.807) is 0 Å². The number of rotatable bonds is 7. The van der Waals surface area contributed by atoms with Gasteiger partial charge in [-0.25, -0.2) is 0 Å². The summed E-state index contributed by atoms with van der Waals surface area (Å²) in [5.74, 6) is 0.0899. The summed E-state index contributed by atoms with van der Waals surface area (Å²) < 4.78 is 5.44. The van der Waals surface area contributed by atoms with Crippen molar-refractivity contribution in [1.29, 1.82) is 0 Å². The molecule has 1 atom stereocenters. The highest BCUT2D eigenvalue weighted by atomic mass is 16.5. The number of carbonyl (C=O) groups is 1. The van der Waals surface area contributed by atoms with Crippen molar-refractivity contribution < 1.29 is 9.53 Å². The number of carbonyl (C=O) groups excluding carboxylic acids is 1. The third-order valence-electron chi connectivity index (χ3n) is 3.72. The van der Waals surface area contributed by atoms with Crippen molar-refractivity contribution in [1.82, 2.24) is 10.2 Å². The molecule has 112 valence electrons. The van der Waals surface area contributed by atoms with Crippen molar-refractivity contribution in [3.8, 4) is 0 Å². The van der Waals surface area contributed by atoms with Gasteiger partial charge in [0.25, 0.3) is 0 Å². The molecular formula is C14H29N3O2. The van der Waals surface area contributed by atoms with Crippen molar-refractivity contribution >= 4 is 5.91 Å². The summed E-state index contributed by atoms with van der Waals surface area (Å²) in [5, 5.41) is 2.96. The fourth-order valence-electron chi connectivity index (χ4n) is 2.06. The van der Waals surface area contributed by atoms with E-state index in [9.17, 15) is 4.79 Å². The van der Waals surface area contributed by atoms with Crippen LogP contribution in [0.15, 0.2) is 0 Å². The molecule has 0 aromatic heterocycles. The fraction of sp³-hybridized carbons (Fsp3) is 0.929. The molecule has 1 rings (SSSR count). The lowest BCUT2D eigenvalue weighted by atomic mass is 9.89. The van der Waals surface area contributed by atoms with Crippen LogP contribution in [0.4, 0.5) is 0 Å². The van der Waals surface area contributed by atoms with Crippen molar-refractivity contribution in [2.45, 2.75) is 39.7 Å². The molecule has 1 aliphatic heterocycles. The number of ether oxygens (including phenoxy) is 1. The van der Waals surface area contributed by atoms with E-state index in [4.69, 9.17) is 10.5 Å². The van der Waals surface area contributed by atoms with Crippen LogP contribution in [0.1, 0.15) is 33.6 Å². The molecule has 0 radical (unpaired) electrons. The SMILES string of the molecule is CCCNC(=O)C1COCCN1CCC(C)(C)CN. The molecule has 1 saturated heterocycles. The van der Waals surface area contributed by atoms with Gasteiger partial charge in [0.1, 0.15) is 6.04 Å². The Balaban J connectivity index is 2.50. The topological polar surface area (TPSA) is 67.6 Å². The second-order valence-corrected chi connectivity index (χ2v) is 6.04. The van der Waals surface area contributed by atoms with E-state index in [2.05, 4.69) is 31.0 Å². The summed E-state index contributed by atoms with van der Waals surface area (Å²) in [5.41, 5.74) is 5.89. The first-order valence-electron chi connectivity index (χ1n) is 7.30. The van der Waals surface area contributed by atoms with Gasteiger partial charge >= 0.3 is 0 Å². The smallest absolute Gasteiger partial charge is 0.239 e. The van der Waals surface area contributed by atoms with Crippen LogP contribution in [-0.4, -0.2) is 56.2 Å². The molecule has 1 fully saturated rings. The molecule has 19 heavy (non-hydrogen) atoms. The minimum atomic E-state index is -0.145. The number of nitrogens with one attached hydrogen (secondary N) is 1. The minimum Gasteiger partial charge on any atom is -0.378 e. The van der Waals surface area contributed by atoms with E-state index in [1.165, 1.54) is 0 Å². The van der Waals surface area contributed by atoms with E-state index in [-0.39, 0.29) is 17.4 Å². The van der Waals surface area contributed by atoms with Crippen molar-refractivity contribution in [2.75, 3.05) is 39.4 Å². The average Bonchev–Trinajstić information content (AvgIpc) is 2.43. The number of hydrogen-bond acceptors (Lipinski definition) is 4. The molecular weight excluding hydrogens is 242 g/mol. The molecule has 0 saturated carbocycles. The molecule has 5 nitrogen and oxygen atoms in total. The molecule has 1 amide bonds. The molecule has 1 heterocycles. The van der Waals surface area contributed by atoms with Crippen LogP contribution in [0.25, 0.3) is 0 Å². The van der Waals surface area contributed by atoms with Gasteiger partial charge in [-0.05, 0) is 31.3 Å². The maximum Gasteiger partial charge on any atom is 0.239 e. The van der Waals surface area contributed by atoms with Gasteiger partial charge in [0, 0.05) is 13.1 Å². The van der Waals surface area contributed by atoms with Gasteiger partial charge in [0.05, 0.1) is 13.2 Å². The first-order chi connectivity index (χ1) is 9.00. The predicted molar refractivity (Wildman–Crippen MR) is 76.9 cm³/mol. The van der Waals surface area contributed by atoms with Crippen LogP contribution in [0, 0.1) is 5.41 Å². The summed E-state index contributed by atoms with van der Waals surface area (Å²) in [7, 11) is 0. The zero-order valence-electron chi connectivity index (χ0n) is 12.6. The summed E-state index contributed by atoms with van der Waals surface area (Å²) >= 11 is 0. The second-order valence-electron chi connectivity index (χ2n) is 6.04. The van der Waals surface area contributed by atoms with E-state index < -0.39 is 0 Å². The first-order valence-corrected chi connectivity index (χ1v) is 7.30. The van der Waals surface area contributed by atoms with Gasteiger partial charge in [0.15, 0.2) is 0 Å². The van der Waals surface area contributed by atoms with Gasteiger partial charge in [-0.1, -0.05) is 20.8 Å². The van der Waals surface area contributed by atoms with Crippen LogP contribution >= 0.6 is 0 Å². The molecule has 5 heteroatoms.